The maximum absolute atomic E-state index is 15.9. The van der Waals surface area contributed by atoms with E-state index in [0.717, 1.165) is 35.0 Å². The first-order valence-electron chi connectivity index (χ1n) is 13.8. The van der Waals surface area contributed by atoms with E-state index in [2.05, 4.69) is 24.6 Å². The van der Waals surface area contributed by atoms with Crippen LogP contribution < -0.4 is 9.64 Å². The van der Waals surface area contributed by atoms with Crippen molar-refractivity contribution in [3.8, 4) is 23.2 Å². The van der Waals surface area contributed by atoms with E-state index >= 15 is 4.39 Å². The minimum Gasteiger partial charge on any atom is -0.462 e. The van der Waals surface area contributed by atoms with Crippen molar-refractivity contribution >= 4 is 44.1 Å². The minimum atomic E-state index is -0.362. The largest absolute Gasteiger partial charge is 0.462 e. The predicted octanol–water partition coefficient (Wildman–Crippen LogP) is 5.24. The number of anilines is 1. The van der Waals surface area contributed by atoms with Gasteiger partial charge in [-0.2, -0.15) is 15.2 Å². The Kier molecular flexibility index (Phi) is 7.56. The van der Waals surface area contributed by atoms with E-state index in [4.69, 9.17) is 14.7 Å². The number of hydrogen-bond donors (Lipinski definition) is 0. The van der Waals surface area contributed by atoms with Crippen LogP contribution in [0, 0.1) is 17.1 Å². The first-order valence-corrected chi connectivity index (χ1v) is 14.7. The Bertz CT molecular complexity index is 1670. The monoisotopic (exact) mass is 570 g/mol. The number of nitrogens with zero attached hydrogens (tertiary/aromatic N) is 6. The summed E-state index contributed by atoms with van der Waals surface area (Å²) < 4.78 is 23.1. The Hall–Kier alpha value is -4.07. The number of benzene rings is 2. The maximum Gasteiger partial charge on any atom is 0.319 e. The number of thiophene rings is 1. The molecule has 0 bridgehead atoms. The third-order valence-electron chi connectivity index (χ3n) is 8.16. The number of nitriles is 1. The van der Waals surface area contributed by atoms with Crippen molar-refractivity contribution in [2.24, 2.45) is 0 Å². The van der Waals surface area contributed by atoms with Crippen LogP contribution in [0.25, 0.3) is 32.1 Å². The number of aromatic nitrogens is 2. The molecule has 0 N–H and O–H groups in total. The molecular formula is C31H31FN6O2S. The van der Waals surface area contributed by atoms with Gasteiger partial charge in [-0.15, -0.1) is 11.3 Å². The SMILES string of the molecule is C=CC(=O)N1CCN(c2nc(OCC3CCCN3C)nc3cc(-c4cccc5ccsc45)c(F)cc23)CC1CC#N. The van der Waals surface area contributed by atoms with E-state index in [1.54, 1.807) is 22.3 Å². The molecule has 2 fully saturated rings. The summed E-state index contributed by atoms with van der Waals surface area (Å²) in [5.41, 5.74) is 1.87. The number of likely N-dealkylation sites (N-methyl/N-ethyl adjacent to an activating group) is 1. The maximum atomic E-state index is 15.9. The summed E-state index contributed by atoms with van der Waals surface area (Å²) in [6.45, 7) is 6.34. The van der Waals surface area contributed by atoms with Gasteiger partial charge in [-0.05, 0) is 61.5 Å². The Morgan fingerprint density at radius 2 is 2.10 bits per heavy atom. The Labute approximate surface area is 242 Å². The summed E-state index contributed by atoms with van der Waals surface area (Å²) in [5, 5.41) is 13.1. The molecule has 2 aliphatic rings. The molecular weight excluding hydrogens is 539 g/mol. The highest BCUT2D eigenvalue weighted by molar-refractivity contribution is 7.17. The number of fused-ring (bicyclic) bond motifs is 2. The molecule has 10 heteroatoms. The fourth-order valence-electron chi connectivity index (χ4n) is 5.93. The van der Waals surface area contributed by atoms with E-state index in [-0.39, 0.29) is 36.2 Å². The summed E-state index contributed by atoms with van der Waals surface area (Å²) in [6.07, 6.45) is 3.61. The zero-order valence-electron chi connectivity index (χ0n) is 22.9. The van der Waals surface area contributed by atoms with Crippen molar-refractivity contribution < 1.29 is 13.9 Å². The zero-order valence-corrected chi connectivity index (χ0v) is 23.7. The Morgan fingerprint density at radius 3 is 2.88 bits per heavy atom. The molecule has 0 spiro atoms. The lowest BCUT2D eigenvalue weighted by molar-refractivity contribution is -0.128. The summed E-state index contributed by atoms with van der Waals surface area (Å²) in [6, 6.07) is 13.6. The van der Waals surface area contributed by atoms with Crippen LogP contribution in [0.5, 0.6) is 6.01 Å². The molecule has 4 aromatic rings. The highest BCUT2D eigenvalue weighted by Gasteiger charge is 2.31. The van der Waals surface area contributed by atoms with Gasteiger partial charge in [0, 0.05) is 46.9 Å². The van der Waals surface area contributed by atoms with Gasteiger partial charge in [0.05, 0.1) is 24.0 Å². The number of ether oxygens (including phenoxy) is 1. The second kappa shape index (κ2) is 11.4. The number of rotatable bonds is 7. The molecule has 6 rings (SSSR count). The van der Waals surface area contributed by atoms with Crippen LogP contribution in [0.15, 0.2) is 54.4 Å². The molecule has 210 valence electrons. The quantitative estimate of drug-likeness (QED) is 0.281. The van der Waals surface area contributed by atoms with Gasteiger partial charge in [0.25, 0.3) is 0 Å². The Morgan fingerprint density at radius 1 is 1.22 bits per heavy atom. The van der Waals surface area contributed by atoms with E-state index in [0.29, 0.717) is 48.5 Å². The molecule has 0 radical (unpaired) electrons. The molecule has 41 heavy (non-hydrogen) atoms. The van der Waals surface area contributed by atoms with E-state index in [1.165, 1.54) is 12.1 Å². The van der Waals surface area contributed by atoms with Crippen molar-refractivity contribution in [1.29, 1.82) is 5.26 Å². The van der Waals surface area contributed by atoms with Gasteiger partial charge in [-0.1, -0.05) is 24.8 Å². The zero-order chi connectivity index (χ0) is 28.5. The number of likely N-dealkylation sites (tertiary alicyclic amines) is 1. The van der Waals surface area contributed by atoms with Crippen LogP contribution in [0.3, 0.4) is 0 Å². The molecule has 0 saturated carbocycles. The molecule has 0 aliphatic carbocycles. The fourth-order valence-corrected chi connectivity index (χ4v) is 6.85. The third kappa shape index (κ3) is 5.23. The summed E-state index contributed by atoms with van der Waals surface area (Å²) in [4.78, 5) is 28.0. The van der Waals surface area contributed by atoms with Gasteiger partial charge < -0.3 is 19.4 Å². The van der Waals surface area contributed by atoms with Crippen molar-refractivity contribution in [2.45, 2.75) is 31.3 Å². The van der Waals surface area contributed by atoms with Crippen LogP contribution in [0.4, 0.5) is 10.2 Å². The number of carbonyl (C=O) groups is 1. The molecule has 2 aliphatic heterocycles. The lowest BCUT2D eigenvalue weighted by Gasteiger charge is -2.41. The molecule has 2 saturated heterocycles. The standard InChI is InChI=1S/C31H31FN6O2S/c1-3-28(39)38-14-13-37(18-21(38)9-11-33)30-25-16-26(32)24(23-8-4-6-20-10-15-41-29(20)23)17-27(25)34-31(35-30)40-19-22-7-5-12-36(22)2/h3-4,6,8,10,15-17,21-22H,1,5,7,9,12-14,18-19H2,2H3. The number of halogens is 1. The molecule has 1 amide bonds. The molecule has 8 nitrogen and oxygen atoms in total. The summed E-state index contributed by atoms with van der Waals surface area (Å²) >= 11 is 1.58. The van der Waals surface area contributed by atoms with Gasteiger partial charge >= 0.3 is 6.01 Å². The fraction of sp³-hybridized carbons (Fsp3) is 0.355. The molecule has 2 aromatic heterocycles. The average molecular weight is 571 g/mol. The lowest BCUT2D eigenvalue weighted by Crippen LogP contribution is -2.55. The molecule has 2 aromatic carbocycles. The van der Waals surface area contributed by atoms with Gasteiger partial charge in [-0.3, -0.25) is 4.79 Å². The molecule has 4 heterocycles. The summed E-state index contributed by atoms with van der Waals surface area (Å²) in [5.74, 6) is -0.0302. The first kappa shape index (κ1) is 27.1. The minimum absolute atomic E-state index is 0.166. The van der Waals surface area contributed by atoms with Crippen LogP contribution in [0.1, 0.15) is 19.3 Å². The number of carbonyl (C=O) groups excluding carboxylic acids is 1. The first-order chi connectivity index (χ1) is 20.0. The lowest BCUT2D eigenvalue weighted by atomic mass is 10.0. The smallest absolute Gasteiger partial charge is 0.319 e. The summed E-state index contributed by atoms with van der Waals surface area (Å²) in [7, 11) is 2.09. The topological polar surface area (TPSA) is 85.6 Å². The second-order valence-electron chi connectivity index (χ2n) is 10.6. The third-order valence-corrected chi connectivity index (χ3v) is 9.12. The van der Waals surface area contributed by atoms with Crippen LogP contribution in [-0.4, -0.2) is 77.6 Å². The van der Waals surface area contributed by atoms with E-state index in [9.17, 15) is 10.1 Å². The van der Waals surface area contributed by atoms with Gasteiger partial charge in [0.2, 0.25) is 5.91 Å². The highest BCUT2D eigenvalue weighted by atomic mass is 32.1. The van der Waals surface area contributed by atoms with Crippen LogP contribution in [-0.2, 0) is 4.79 Å². The number of hydrogen-bond acceptors (Lipinski definition) is 8. The van der Waals surface area contributed by atoms with Crippen molar-refractivity contribution in [2.75, 3.05) is 44.7 Å². The van der Waals surface area contributed by atoms with Crippen molar-refractivity contribution in [3.63, 3.8) is 0 Å². The average Bonchev–Trinajstić information content (AvgIpc) is 3.64. The molecule has 2 atom stereocenters. The molecule has 2 unspecified atom stereocenters. The normalized spacial score (nSPS) is 19.5. The van der Waals surface area contributed by atoms with E-state index in [1.807, 2.05) is 34.5 Å². The van der Waals surface area contributed by atoms with Gasteiger partial charge in [0.15, 0.2) is 0 Å². The van der Waals surface area contributed by atoms with Gasteiger partial charge in [-0.25, -0.2) is 4.39 Å². The highest BCUT2D eigenvalue weighted by Crippen LogP contribution is 2.38. The number of piperazine rings is 1. The van der Waals surface area contributed by atoms with Gasteiger partial charge in [0.1, 0.15) is 18.2 Å². The van der Waals surface area contributed by atoms with Crippen molar-refractivity contribution in [1.82, 2.24) is 19.8 Å². The van der Waals surface area contributed by atoms with Crippen molar-refractivity contribution in [3.05, 3.63) is 60.3 Å². The predicted molar refractivity (Wildman–Crippen MR) is 160 cm³/mol. The van der Waals surface area contributed by atoms with E-state index < -0.39 is 0 Å². The van der Waals surface area contributed by atoms with Crippen LogP contribution >= 0.6 is 11.3 Å². The number of amides is 1. The Balaban J connectivity index is 1.43. The van der Waals surface area contributed by atoms with Crippen LogP contribution in [0.2, 0.25) is 0 Å². The second-order valence-corrected chi connectivity index (χ2v) is 11.5.